The molecule has 2 aliphatic rings. The van der Waals surface area contributed by atoms with E-state index in [0.717, 1.165) is 39.7 Å². The van der Waals surface area contributed by atoms with Crippen molar-refractivity contribution >= 4 is 51.2 Å². The fraction of sp³-hybridized carbons (Fsp3) is 0.385. The maximum absolute atomic E-state index is 13.9. The number of likely N-dealkylation sites (tertiary alicyclic amines) is 1. The van der Waals surface area contributed by atoms with E-state index in [2.05, 4.69) is 15.3 Å². The van der Waals surface area contributed by atoms with Gasteiger partial charge in [-0.1, -0.05) is 30.2 Å². The molecule has 1 aliphatic heterocycles. The molecular weight excluding hydrogens is 530 g/mol. The molecule has 1 aliphatic carbocycles. The van der Waals surface area contributed by atoms with Gasteiger partial charge < -0.3 is 15.0 Å². The minimum Gasteiger partial charge on any atom is -0.391 e. The van der Waals surface area contributed by atoms with Crippen molar-refractivity contribution in [3.63, 3.8) is 0 Å². The van der Waals surface area contributed by atoms with Crippen LogP contribution >= 0.6 is 34.3 Å². The Balaban J connectivity index is 1.22. The smallest absolute Gasteiger partial charge is 0.391 e. The highest BCUT2D eigenvalue weighted by atomic mass is 35.5. The van der Waals surface area contributed by atoms with Crippen LogP contribution in [0.2, 0.25) is 5.02 Å². The molecule has 4 aromatic rings. The molecule has 3 aromatic heterocycles. The molecule has 37 heavy (non-hydrogen) atoms. The number of rotatable bonds is 5. The highest BCUT2D eigenvalue weighted by Gasteiger charge is 2.47. The zero-order valence-electron chi connectivity index (χ0n) is 20.4. The summed E-state index contributed by atoms with van der Waals surface area (Å²) in [6.07, 6.45) is 4.57. The predicted octanol–water partition coefficient (Wildman–Crippen LogP) is 5.82. The Morgan fingerprint density at radius 3 is 2.95 bits per heavy atom. The third kappa shape index (κ3) is 4.51. The van der Waals surface area contributed by atoms with Crippen LogP contribution in [0.25, 0.3) is 15.4 Å². The average Bonchev–Trinajstić information content (AvgIpc) is 3.67. The molecule has 11 heteroatoms. The second kappa shape index (κ2) is 9.74. The summed E-state index contributed by atoms with van der Waals surface area (Å²) in [5.41, 5.74) is 1.99. The van der Waals surface area contributed by atoms with Gasteiger partial charge >= 0.3 is 6.09 Å². The number of ether oxygens (including phenoxy) is 1. The fourth-order valence-electron chi connectivity index (χ4n) is 5.75. The zero-order valence-corrected chi connectivity index (χ0v) is 22.8. The van der Waals surface area contributed by atoms with Crippen LogP contribution in [0, 0.1) is 25.7 Å². The summed E-state index contributed by atoms with van der Waals surface area (Å²) in [6.45, 7) is 4.72. The van der Waals surface area contributed by atoms with Gasteiger partial charge in [-0.2, -0.15) is 0 Å². The molecule has 0 spiro atoms. The molecule has 1 N–H and O–H groups in total. The van der Waals surface area contributed by atoms with Gasteiger partial charge in [-0.25, -0.2) is 14.8 Å². The van der Waals surface area contributed by atoms with Gasteiger partial charge in [0, 0.05) is 29.7 Å². The first-order valence-corrected chi connectivity index (χ1v) is 14.4. The summed E-state index contributed by atoms with van der Waals surface area (Å²) in [5.74, 6) is 1.10. The first-order valence-electron chi connectivity index (χ1n) is 12.3. The van der Waals surface area contributed by atoms with Crippen molar-refractivity contribution in [3.05, 3.63) is 57.3 Å². The molecule has 0 radical (unpaired) electrons. The number of aryl methyl sites for hydroxylation is 2. The zero-order chi connectivity index (χ0) is 25.7. The van der Waals surface area contributed by atoms with Crippen molar-refractivity contribution in [1.29, 1.82) is 0 Å². The second-order valence-corrected chi connectivity index (χ2v) is 12.1. The highest BCUT2D eigenvalue weighted by molar-refractivity contribution is 7.15. The molecule has 1 aromatic carbocycles. The van der Waals surface area contributed by atoms with Crippen LogP contribution in [-0.4, -0.2) is 50.4 Å². The third-order valence-corrected chi connectivity index (χ3v) is 9.37. The normalized spacial score (nSPS) is 20.9. The van der Waals surface area contributed by atoms with Gasteiger partial charge in [0.1, 0.15) is 11.4 Å². The number of carbonyl (C=O) groups is 2. The summed E-state index contributed by atoms with van der Waals surface area (Å²) in [7, 11) is 0. The van der Waals surface area contributed by atoms with Crippen molar-refractivity contribution in [2.75, 3.05) is 13.1 Å². The molecule has 192 valence electrons. The van der Waals surface area contributed by atoms with Gasteiger partial charge in [0.25, 0.3) is 5.91 Å². The summed E-state index contributed by atoms with van der Waals surface area (Å²) in [6, 6.07) is 7.40. The molecule has 1 saturated carbocycles. The predicted molar refractivity (Wildman–Crippen MR) is 145 cm³/mol. The van der Waals surface area contributed by atoms with Gasteiger partial charge in [-0.3, -0.25) is 9.20 Å². The Bertz CT molecular complexity index is 1490. The molecule has 0 bridgehead atoms. The van der Waals surface area contributed by atoms with Crippen molar-refractivity contribution in [1.82, 2.24) is 24.6 Å². The number of fused-ring (bicyclic) bond motifs is 2. The first-order chi connectivity index (χ1) is 17.9. The van der Waals surface area contributed by atoms with E-state index in [1.165, 1.54) is 22.7 Å². The van der Waals surface area contributed by atoms with E-state index in [-0.39, 0.29) is 11.9 Å². The van der Waals surface area contributed by atoms with Crippen LogP contribution < -0.4 is 10.1 Å². The Labute approximate surface area is 227 Å². The van der Waals surface area contributed by atoms with Crippen LogP contribution in [0.1, 0.15) is 40.5 Å². The second-order valence-electron chi connectivity index (χ2n) is 9.63. The summed E-state index contributed by atoms with van der Waals surface area (Å²) in [4.78, 5) is 39.3. The topological polar surface area (TPSA) is 88.8 Å². The standard InChI is InChI=1S/C26H26ClN5O3S2/c1-14-24(31-9-10-36-25(31)29-14)35-26(34)28-12-20-19-8-4-6-17(19)13-32(20)23(33)21-22(37-15(2)30-21)16-5-3-7-18(27)11-16/h3,5,7,9-11,17,19-20H,4,6,8,12-13H2,1-2H3,(H,28,34)/t17-,19-,20+/m0/s1. The lowest BCUT2D eigenvalue weighted by Gasteiger charge is -2.28. The van der Waals surface area contributed by atoms with Gasteiger partial charge in [-0.05, 0) is 56.2 Å². The largest absolute Gasteiger partial charge is 0.414 e. The number of benzene rings is 1. The van der Waals surface area contributed by atoms with Crippen LogP contribution in [0.15, 0.2) is 35.8 Å². The Morgan fingerprint density at radius 1 is 1.24 bits per heavy atom. The number of carbonyl (C=O) groups excluding carboxylic acids is 2. The van der Waals surface area contributed by atoms with Gasteiger partial charge in [0.05, 0.1) is 15.9 Å². The van der Waals surface area contributed by atoms with Gasteiger partial charge in [-0.15, -0.1) is 22.7 Å². The van der Waals surface area contributed by atoms with Crippen LogP contribution in [0.3, 0.4) is 0 Å². The molecule has 2 amide bonds. The number of hydrogen-bond acceptors (Lipinski definition) is 7. The Morgan fingerprint density at radius 2 is 2.11 bits per heavy atom. The van der Waals surface area contributed by atoms with Gasteiger partial charge in [0.15, 0.2) is 4.96 Å². The molecule has 8 nitrogen and oxygen atoms in total. The summed E-state index contributed by atoms with van der Waals surface area (Å²) in [5, 5.41) is 6.27. The maximum atomic E-state index is 13.9. The average molecular weight is 556 g/mol. The van der Waals surface area contributed by atoms with Crippen LogP contribution in [0.4, 0.5) is 4.79 Å². The quantitative estimate of drug-likeness (QED) is 0.335. The van der Waals surface area contributed by atoms with Crippen molar-refractivity contribution < 1.29 is 14.3 Å². The lowest BCUT2D eigenvalue weighted by Crippen LogP contribution is -2.46. The van der Waals surface area contributed by atoms with E-state index in [0.29, 0.717) is 47.2 Å². The minimum absolute atomic E-state index is 0.0968. The van der Waals surface area contributed by atoms with Crippen molar-refractivity contribution in [3.8, 4) is 16.3 Å². The lowest BCUT2D eigenvalue weighted by atomic mass is 9.94. The van der Waals surface area contributed by atoms with Crippen LogP contribution in [0.5, 0.6) is 5.88 Å². The molecule has 2 fully saturated rings. The summed E-state index contributed by atoms with van der Waals surface area (Å²) < 4.78 is 7.39. The molecular formula is C26H26ClN5O3S2. The minimum atomic E-state index is -0.547. The monoisotopic (exact) mass is 555 g/mol. The number of thiazole rings is 2. The molecule has 1 saturated heterocycles. The van der Waals surface area contributed by atoms with E-state index >= 15 is 0 Å². The Kier molecular flexibility index (Phi) is 6.42. The van der Waals surface area contributed by atoms with E-state index in [1.807, 2.05) is 54.6 Å². The summed E-state index contributed by atoms with van der Waals surface area (Å²) >= 11 is 9.21. The number of nitrogens with zero attached hydrogens (tertiary/aromatic N) is 4. The molecule has 0 unspecified atom stereocenters. The van der Waals surface area contributed by atoms with Gasteiger partial charge in [0.2, 0.25) is 5.88 Å². The highest BCUT2D eigenvalue weighted by Crippen LogP contribution is 2.43. The number of hydrogen-bond donors (Lipinski definition) is 1. The molecule has 6 rings (SSSR count). The lowest BCUT2D eigenvalue weighted by molar-refractivity contribution is 0.0706. The maximum Gasteiger partial charge on any atom is 0.414 e. The van der Waals surface area contributed by atoms with E-state index in [1.54, 1.807) is 4.40 Å². The number of amides is 2. The number of imidazole rings is 1. The number of nitrogens with one attached hydrogen (secondary N) is 1. The Hall–Kier alpha value is -2.95. The van der Waals surface area contributed by atoms with Crippen molar-refractivity contribution in [2.45, 2.75) is 39.2 Å². The number of aromatic nitrogens is 3. The van der Waals surface area contributed by atoms with Crippen LogP contribution in [-0.2, 0) is 0 Å². The third-order valence-electron chi connectivity index (χ3n) is 7.35. The van der Waals surface area contributed by atoms with E-state index < -0.39 is 6.09 Å². The molecule has 3 atom stereocenters. The number of halogens is 1. The van der Waals surface area contributed by atoms with E-state index in [4.69, 9.17) is 16.3 Å². The molecule has 4 heterocycles. The van der Waals surface area contributed by atoms with Crippen molar-refractivity contribution in [2.24, 2.45) is 11.8 Å². The SMILES string of the molecule is Cc1nc(C(=O)N2C[C@@H]3CCC[C@@H]3[C@H]2CNC(=O)Oc2c(C)nc3sccn23)c(-c2cccc(Cl)c2)s1. The van der Waals surface area contributed by atoms with E-state index in [9.17, 15) is 9.59 Å². The fourth-order valence-corrected chi connectivity index (χ4v) is 7.60. The first kappa shape index (κ1) is 24.4.